The third-order valence-corrected chi connectivity index (χ3v) is 3.75. The number of ketones is 1. The summed E-state index contributed by atoms with van der Waals surface area (Å²) in [5.41, 5.74) is 0.884. The van der Waals surface area contributed by atoms with E-state index in [0.29, 0.717) is 24.8 Å². The number of benzene rings is 1. The number of hydrogen-bond donors (Lipinski definition) is 0. The van der Waals surface area contributed by atoms with Gasteiger partial charge in [0.25, 0.3) is 0 Å². The number of nitrogens with zero attached hydrogens (tertiary/aromatic N) is 1. The maximum Gasteiger partial charge on any atom is 0.347 e. The summed E-state index contributed by atoms with van der Waals surface area (Å²) < 4.78 is 11.2. The first-order chi connectivity index (χ1) is 10.5. The van der Waals surface area contributed by atoms with Crippen molar-refractivity contribution in [1.29, 1.82) is 0 Å². The minimum absolute atomic E-state index is 0.0863. The topological polar surface area (TPSA) is 59.8 Å². The van der Waals surface area contributed by atoms with Crippen LogP contribution in [0.5, 0.6) is 5.75 Å². The van der Waals surface area contributed by atoms with Gasteiger partial charge in [0.05, 0.1) is 5.56 Å². The maximum atomic E-state index is 12.0. The number of ether oxygens (including phenoxy) is 1. The van der Waals surface area contributed by atoms with Crippen LogP contribution in [0.4, 0.5) is 0 Å². The quantitative estimate of drug-likeness (QED) is 0.644. The predicted molar refractivity (Wildman–Crippen MR) is 83.2 cm³/mol. The smallest absolute Gasteiger partial charge is 0.347 e. The third-order valence-electron chi connectivity index (χ3n) is 3.75. The van der Waals surface area contributed by atoms with Gasteiger partial charge in [-0.2, -0.15) is 0 Å². The molecule has 0 saturated heterocycles. The maximum absolute atomic E-state index is 12.0. The number of hydrogen-bond acceptors (Lipinski definition) is 5. The fourth-order valence-corrected chi connectivity index (χ4v) is 2.82. The highest BCUT2D eigenvalue weighted by Gasteiger charge is 2.22. The average Bonchev–Trinajstić information content (AvgIpc) is 2.45. The highest BCUT2D eigenvalue weighted by molar-refractivity contribution is 5.97. The van der Waals surface area contributed by atoms with Gasteiger partial charge in [-0.1, -0.05) is 13.8 Å². The van der Waals surface area contributed by atoms with E-state index in [1.165, 1.54) is 6.92 Å². The molecule has 116 valence electrons. The van der Waals surface area contributed by atoms with Gasteiger partial charge < -0.3 is 9.15 Å². The molecule has 0 N–H and O–H groups in total. The van der Waals surface area contributed by atoms with Gasteiger partial charge >= 0.3 is 5.63 Å². The van der Waals surface area contributed by atoms with Gasteiger partial charge in [-0.15, -0.1) is 0 Å². The second-order valence-electron chi connectivity index (χ2n) is 6.14. The molecule has 0 atom stereocenters. The van der Waals surface area contributed by atoms with Crippen molar-refractivity contribution in [3.8, 4) is 5.75 Å². The largest absolute Gasteiger partial charge is 0.478 e. The van der Waals surface area contributed by atoms with E-state index in [0.717, 1.165) is 23.2 Å². The van der Waals surface area contributed by atoms with Crippen LogP contribution in [0.15, 0.2) is 27.4 Å². The lowest BCUT2D eigenvalue weighted by molar-refractivity contribution is 0.0847. The first-order valence-electron chi connectivity index (χ1n) is 7.41. The number of fused-ring (bicyclic) bond motifs is 3. The van der Waals surface area contributed by atoms with Crippen LogP contribution >= 0.6 is 0 Å². The fraction of sp³-hybridized carbons (Fsp3) is 0.412. The number of rotatable bonds is 3. The van der Waals surface area contributed by atoms with Gasteiger partial charge in [0.15, 0.2) is 5.78 Å². The van der Waals surface area contributed by atoms with Crippen molar-refractivity contribution in [2.75, 3.05) is 13.3 Å². The lowest BCUT2D eigenvalue weighted by Gasteiger charge is -2.30. The van der Waals surface area contributed by atoms with E-state index in [9.17, 15) is 9.59 Å². The summed E-state index contributed by atoms with van der Waals surface area (Å²) >= 11 is 0. The van der Waals surface area contributed by atoms with Crippen LogP contribution in [0.2, 0.25) is 0 Å². The molecule has 1 aromatic carbocycles. The number of Topliss-reactive ketones (excluding diaryl/α,β-unsaturated/α-hetero) is 1. The zero-order chi connectivity index (χ0) is 15.9. The van der Waals surface area contributed by atoms with Crippen molar-refractivity contribution in [3.05, 3.63) is 39.7 Å². The zero-order valence-corrected chi connectivity index (χ0v) is 13.0. The van der Waals surface area contributed by atoms with E-state index in [1.807, 2.05) is 12.1 Å². The predicted octanol–water partition coefficient (Wildman–Crippen LogP) is 2.80. The van der Waals surface area contributed by atoms with Crippen LogP contribution in [-0.2, 0) is 6.54 Å². The Morgan fingerprint density at radius 1 is 1.36 bits per heavy atom. The average molecular weight is 301 g/mol. The van der Waals surface area contributed by atoms with Gasteiger partial charge in [0, 0.05) is 18.5 Å². The monoisotopic (exact) mass is 301 g/mol. The van der Waals surface area contributed by atoms with E-state index in [1.54, 1.807) is 6.07 Å². The summed E-state index contributed by atoms with van der Waals surface area (Å²) in [6.07, 6.45) is 0. The molecule has 0 saturated carbocycles. The van der Waals surface area contributed by atoms with E-state index >= 15 is 0 Å². The second-order valence-corrected chi connectivity index (χ2v) is 6.14. The van der Waals surface area contributed by atoms with Gasteiger partial charge in [0.1, 0.15) is 23.6 Å². The van der Waals surface area contributed by atoms with Gasteiger partial charge in [-0.3, -0.25) is 9.69 Å². The molecule has 0 radical (unpaired) electrons. The molecular weight excluding hydrogens is 282 g/mol. The zero-order valence-electron chi connectivity index (χ0n) is 13.0. The van der Waals surface area contributed by atoms with Crippen molar-refractivity contribution in [1.82, 2.24) is 4.90 Å². The number of carbonyl (C=O) groups is 1. The Kier molecular flexibility index (Phi) is 3.74. The first-order valence-corrected chi connectivity index (χ1v) is 7.41. The molecule has 0 bridgehead atoms. The Morgan fingerprint density at radius 2 is 2.14 bits per heavy atom. The molecule has 0 spiro atoms. The molecule has 0 fully saturated rings. The lowest BCUT2D eigenvalue weighted by atomic mass is 10.1. The van der Waals surface area contributed by atoms with Crippen LogP contribution in [0, 0.1) is 5.92 Å². The Hall–Kier alpha value is -2.14. The molecule has 0 amide bonds. The summed E-state index contributed by atoms with van der Waals surface area (Å²) in [4.78, 5) is 25.6. The van der Waals surface area contributed by atoms with Gasteiger partial charge in [-0.05, 0) is 31.0 Å². The first kappa shape index (κ1) is 14.8. The third kappa shape index (κ3) is 2.64. The van der Waals surface area contributed by atoms with Gasteiger partial charge in [-0.25, -0.2) is 4.79 Å². The summed E-state index contributed by atoms with van der Waals surface area (Å²) in [6.45, 7) is 7.78. The second kappa shape index (κ2) is 5.57. The van der Waals surface area contributed by atoms with Crippen LogP contribution in [0.1, 0.15) is 36.7 Å². The van der Waals surface area contributed by atoms with Crippen LogP contribution in [-0.4, -0.2) is 24.0 Å². The lowest BCUT2D eigenvalue weighted by Crippen LogP contribution is -2.34. The van der Waals surface area contributed by atoms with Crippen LogP contribution in [0.3, 0.4) is 0 Å². The molecule has 0 unspecified atom stereocenters. The molecule has 0 aliphatic carbocycles. The summed E-state index contributed by atoms with van der Waals surface area (Å²) in [6, 6.07) is 5.29. The van der Waals surface area contributed by atoms with Crippen molar-refractivity contribution < 1.29 is 13.9 Å². The summed E-state index contributed by atoms with van der Waals surface area (Å²) in [5.74, 6) is 0.980. The van der Waals surface area contributed by atoms with Gasteiger partial charge in [0.2, 0.25) is 0 Å². The highest BCUT2D eigenvalue weighted by atomic mass is 16.5. The van der Waals surface area contributed by atoms with E-state index in [4.69, 9.17) is 9.15 Å². The highest BCUT2D eigenvalue weighted by Crippen LogP contribution is 2.32. The molecule has 2 aromatic rings. The standard InChI is InChI=1S/C17H19NO4/c1-10(2)7-18-8-14-15(21-9-18)5-4-12-6-13(11(3)19)17(20)22-16(12)14/h4-6,10H,7-9H2,1-3H3. The number of carbonyl (C=O) groups excluding carboxylic acids is 1. The Labute approximate surface area is 128 Å². The molecule has 2 heterocycles. The summed E-state index contributed by atoms with van der Waals surface area (Å²) in [5, 5.41) is 0.749. The van der Waals surface area contributed by atoms with Crippen molar-refractivity contribution in [2.24, 2.45) is 5.92 Å². The molecule has 5 nitrogen and oxygen atoms in total. The van der Waals surface area contributed by atoms with E-state index in [2.05, 4.69) is 18.7 Å². The van der Waals surface area contributed by atoms with Crippen LogP contribution in [0.25, 0.3) is 11.0 Å². The molecule has 1 aliphatic rings. The van der Waals surface area contributed by atoms with Crippen molar-refractivity contribution in [3.63, 3.8) is 0 Å². The molecule has 22 heavy (non-hydrogen) atoms. The Balaban J connectivity index is 2.10. The van der Waals surface area contributed by atoms with Crippen molar-refractivity contribution >= 4 is 16.8 Å². The molecule has 5 heteroatoms. The molecule has 1 aliphatic heterocycles. The molecule has 3 rings (SSSR count). The van der Waals surface area contributed by atoms with E-state index in [-0.39, 0.29) is 11.3 Å². The molecule has 1 aromatic heterocycles. The summed E-state index contributed by atoms with van der Waals surface area (Å²) in [7, 11) is 0. The molecular formula is C17H19NO4. The van der Waals surface area contributed by atoms with E-state index < -0.39 is 5.63 Å². The van der Waals surface area contributed by atoms with Crippen molar-refractivity contribution in [2.45, 2.75) is 27.3 Å². The van der Waals surface area contributed by atoms with Crippen LogP contribution < -0.4 is 10.4 Å². The Morgan fingerprint density at radius 3 is 2.82 bits per heavy atom. The minimum atomic E-state index is -0.589. The minimum Gasteiger partial charge on any atom is -0.478 e. The SMILES string of the molecule is CC(=O)c1cc2ccc3c(c2oc1=O)CN(CC(C)C)CO3. The normalized spacial score (nSPS) is 14.9. The fourth-order valence-electron chi connectivity index (χ4n) is 2.82. The Bertz CT molecular complexity index is 791.